The van der Waals surface area contributed by atoms with E-state index in [-0.39, 0.29) is 6.03 Å². The van der Waals surface area contributed by atoms with E-state index >= 15 is 0 Å². The first-order valence-electron chi connectivity index (χ1n) is 10.0. The Hall–Kier alpha value is -2.88. The molecule has 0 bridgehead atoms. The Bertz CT molecular complexity index is 845. The van der Waals surface area contributed by atoms with Crippen LogP contribution in [0, 0.1) is 11.3 Å². The summed E-state index contributed by atoms with van der Waals surface area (Å²) >= 11 is 0. The van der Waals surface area contributed by atoms with Crippen molar-refractivity contribution >= 4 is 6.03 Å². The number of hydrogen-bond acceptors (Lipinski definition) is 5. The zero-order valence-electron chi connectivity index (χ0n) is 15.9. The van der Waals surface area contributed by atoms with E-state index in [1.54, 1.807) is 4.90 Å². The number of nitrogens with one attached hydrogen (secondary N) is 1. The normalized spacial score (nSPS) is 18.9. The first-order chi connectivity index (χ1) is 13.7. The van der Waals surface area contributed by atoms with Crippen LogP contribution in [0.2, 0.25) is 0 Å². The van der Waals surface area contributed by atoms with Gasteiger partial charge in [-0.3, -0.25) is 0 Å². The van der Waals surface area contributed by atoms with Crippen molar-refractivity contribution in [1.29, 1.82) is 5.26 Å². The molecule has 4 rings (SSSR count). The van der Waals surface area contributed by atoms with Gasteiger partial charge in [-0.25, -0.2) is 4.79 Å². The average Bonchev–Trinajstić information content (AvgIpc) is 3.15. The molecule has 1 saturated heterocycles. The minimum atomic E-state index is -0.499. The first-order valence-corrected chi connectivity index (χ1v) is 10.0. The second-order valence-corrected chi connectivity index (χ2v) is 7.71. The summed E-state index contributed by atoms with van der Waals surface area (Å²) in [5, 5.41) is 16.7. The molecule has 2 aliphatic rings. The van der Waals surface area contributed by atoms with Crippen LogP contribution in [0.4, 0.5) is 4.79 Å². The number of nitrogens with zero attached hydrogens (tertiary/aromatic N) is 4. The number of carbonyl (C=O) groups is 1. The predicted molar refractivity (Wildman–Crippen MR) is 103 cm³/mol. The van der Waals surface area contributed by atoms with Gasteiger partial charge in [0.2, 0.25) is 5.89 Å². The van der Waals surface area contributed by atoms with E-state index in [4.69, 9.17) is 4.52 Å². The lowest BCUT2D eigenvalue weighted by Gasteiger charge is -2.37. The van der Waals surface area contributed by atoms with Crippen LogP contribution in [0.3, 0.4) is 0 Å². The van der Waals surface area contributed by atoms with E-state index in [0.717, 1.165) is 24.3 Å². The molecule has 1 saturated carbocycles. The molecule has 1 aliphatic heterocycles. The van der Waals surface area contributed by atoms with Crippen molar-refractivity contribution in [3.05, 3.63) is 47.6 Å². The largest absolute Gasteiger partial charge is 0.339 e. The van der Waals surface area contributed by atoms with Gasteiger partial charge in [-0.15, -0.1) is 0 Å². The molecule has 0 unspecified atom stereocenters. The highest BCUT2D eigenvalue weighted by Crippen LogP contribution is 2.35. The molecule has 1 aromatic heterocycles. The van der Waals surface area contributed by atoms with Crippen LogP contribution in [0.25, 0.3) is 0 Å². The standard InChI is InChI=1S/C21H25N5O2/c22-15-21(17-7-2-1-3-8-17)10-13-26(14-11-21)20(27)23-12-9-18-24-19(28-25-18)16-5-4-6-16/h1-3,7-8,16H,4-6,9-14H2,(H,23,27). The topological polar surface area (TPSA) is 95.1 Å². The average molecular weight is 379 g/mol. The molecule has 28 heavy (non-hydrogen) atoms. The van der Waals surface area contributed by atoms with Crippen molar-refractivity contribution < 1.29 is 9.32 Å². The molecule has 2 heterocycles. The lowest BCUT2D eigenvalue weighted by atomic mass is 9.74. The van der Waals surface area contributed by atoms with Gasteiger partial charge < -0.3 is 14.7 Å². The van der Waals surface area contributed by atoms with Gasteiger partial charge in [-0.1, -0.05) is 41.9 Å². The molecule has 7 heteroatoms. The number of rotatable bonds is 5. The molecule has 1 aromatic carbocycles. The Labute approximate surface area is 164 Å². The molecule has 1 aliphatic carbocycles. The quantitative estimate of drug-likeness (QED) is 0.861. The third-order valence-electron chi connectivity index (χ3n) is 6.01. The first kappa shape index (κ1) is 18.5. The van der Waals surface area contributed by atoms with E-state index in [2.05, 4.69) is 21.5 Å². The Morgan fingerprint density at radius 1 is 1.29 bits per heavy atom. The maximum atomic E-state index is 12.5. The van der Waals surface area contributed by atoms with E-state index in [9.17, 15) is 10.1 Å². The fourth-order valence-electron chi connectivity index (χ4n) is 3.90. The summed E-state index contributed by atoms with van der Waals surface area (Å²) in [5.41, 5.74) is 0.539. The number of piperidine rings is 1. The summed E-state index contributed by atoms with van der Waals surface area (Å²) in [6.45, 7) is 1.62. The summed E-state index contributed by atoms with van der Waals surface area (Å²) in [6, 6.07) is 12.3. The van der Waals surface area contributed by atoms with Crippen LogP contribution in [0.15, 0.2) is 34.9 Å². The van der Waals surface area contributed by atoms with Crippen LogP contribution in [0.1, 0.15) is 55.3 Å². The number of amides is 2. The predicted octanol–water partition coefficient (Wildman–Crippen LogP) is 3.15. The monoisotopic (exact) mass is 379 g/mol. The zero-order valence-corrected chi connectivity index (χ0v) is 15.9. The van der Waals surface area contributed by atoms with Gasteiger partial charge in [0.05, 0.1) is 11.5 Å². The van der Waals surface area contributed by atoms with Crippen molar-refractivity contribution in [1.82, 2.24) is 20.4 Å². The molecule has 7 nitrogen and oxygen atoms in total. The third-order valence-corrected chi connectivity index (χ3v) is 6.01. The zero-order chi connectivity index (χ0) is 19.4. The molecule has 2 fully saturated rings. The van der Waals surface area contributed by atoms with Crippen molar-refractivity contribution in [3.8, 4) is 6.07 Å². The molecule has 0 atom stereocenters. The fourth-order valence-corrected chi connectivity index (χ4v) is 3.90. The van der Waals surface area contributed by atoms with E-state index in [0.29, 0.717) is 50.6 Å². The number of aromatic nitrogens is 2. The summed E-state index contributed by atoms with van der Waals surface area (Å²) in [4.78, 5) is 18.7. The van der Waals surface area contributed by atoms with E-state index in [1.807, 2.05) is 30.3 Å². The van der Waals surface area contributed by atoms with E-state index in [1.165, 1.54) is 6.42 Å². The maximum Gasteiger partial charge on any atom is 0.317 e. The molecule has 2 amide bonds. The molecular formula is C21H25N5O2. The Morgan fingerprint density at radius 3 is 2.68 bits per heavy atom. The maximum absolute atomic E-state index is 12.5. The van der Waals surface area contributed by atoms with Crippen molar-refractivity contribution in [2.24, 2.45) is 0 Å². The SMILES string of the molecule is N#CC1(c2ccccc2)CCN(C(=O)NCCc2noc(C3CCC3)n2)CC1. The molecule has 0 radical (unpaired) electrons. The molecule has 0 spiro atoms. The van der Waals surface area contributed by atoms with Gasteiger partial charge in [0.25, 0.3) is 0 Å². The number of likely N-dealkylation sites (tertiary alicyclic amines) is 1. The van der Waals surface area contributed by atoms with Crippen LogP contribution in [0.5, 0.6) is 0 Å². The van der Waals surface area contributed by atoms with Crippen molar-refractivity contribution in [3.63, 3.8) is 0 Å². The number of benzene rings is 1. The minimum Gasteiger partial charge on any atom is -0.339 e. The molecule has 2 aromatic rings. The second kappa shape index (κ2) is 8.01. The number of carbonyl (C=O) groups excluding carboxylic acids is 1. The summed E-state index contributed by atoms with van der Waals surface area (Å²) in [5.74, 6) is 1.81. The highest BCUT2D eigenvalue weighted by Gasteiger charge is 2.37. The lowest BCUT2D eigenvalue weighted by Crippen LogP contribution is -2.48. The van der Waals surface area contributed by atoms with Gasteiger partial charge >= 0.3 is 6.03 Å². The highest BCUT2D eigenvalue weighted by molar-refractivity contribution is 5.74. The fraction of sp³-hybridized carbons (Fsp3) is 0.524. The lowest BCUT2D eigenvalue weighted by molar-refractivity contribution is 0.171. The Balaban J connectivity index is 1.25. The second-order valence-electron chi connectivity index (χ2n) is 7.71. The number of nitriles is 1. The molecule has 146 valence electrons. The van der Waals surface area contributed by atoms with Crippen molar-refractivity contribution in [2.75, 3.05) is 19.6 Å². The van der Waals surface area contributed by atoms with Crippen molar-refractivity contribution in [2.45, 2.75) is 49.9 Å². The smallest absolute Gasteiger partial charge is 0.317 e. The van der Waals surface area contributed by atoms with Gasteiger partial charge in [-0.05, 0) is 31.2 Å². The van der Waals surface area contributed by atoms with Crippen LogP contribution in [-0.2, 0) is 11.8 Å². The van der Waals surface area contributed by atoms with Crippen LogP contribution >= 0.6 is 0 Å². The van der Waals surface area contributed by atoms with Gasteiger partial charge in [0.15, 0.2) is 5.82 Å². The van der Waals surface area contributed by atoms with Gasteiger partial charge in [0, 0.05) is 32.0 Å². The Morgan fingerprint density at radius 2 is 2.04 bits per heavy atom. The van der Waals surface area contributed by atoms with Crippen LogP contribution in [-0.4, -0.2) is 40.7 Å². The van der Waals surface area contributed by atoms with Gasteiger partial charge in [0.1, 0.15) is 0 Å². The highest BCUT2D eigenvalue weighted by atomic mass is 16.5. The summed E-state index contributed by atoms with van der Waals surface area (Å²) in [7, 11) is 0. The van der Waals surface area contributed by atoms with Crippen LogP contribution < -0.4 is 5.32 Å². The number of hydrogen-bond donors (Lipinski definition) is 1. The van der Waals surface area contributed by atoms with Gasteiger partial charge in [-0.2, -0.15) is 10.2 Å². The molecule has 1 N–H and O–H groups in total. The minimum absolute atomic E-state index is 0.0951. The summed E-state index contributed by atoms with van der Waals surface area (Å²) < 4.78 is 5.30. The van der Waals surface area contributed by atoms with E-state index < -0.39 is 5.41 Å². The summed E-state index contributed by atoms with van der Waals surface area (Å²) in [6.07, 6.45) is 5.33. The third kappa shape index (κ3) is 3.72. The Kier molecular flexibility index (Phi) is 5.29. The number of urea groups is 1. The molecular weight excluding hydrogens is 354 g/mol.